The van der Waals surface area contributed by atoms with Crippen molar-refractivity contribution in [2.24, 2.45) is 0 Å². The smallest absolute Gasteiger partial charge is 0.264 e. The third-order valence-electron chi connectivity index (χ3n) is 5.87. The molecule has 1 aliphatic rings. The van der Waals surface area contributed by atoms with E-state index in [1.54, 1.807) is 6.20 Å². The molecule has 160 valence electrons. The lowest BCUT2D eigenvalue weighted by Gasteiger charge is -2.26. The van der Waals surface area contributed by atoms with Crippen LogP contribution >= 0.6 is 11.3 Å². The second-order valence-electron chi connectivity index (χ2n) is 8.62. The third kappa shape index (κ3) is 3.91. The number of H-pyrrole nitrogens is 1. The van der Waals surface area contributed by atoms with Crippen LogP contribution in [-0.2, 0) is 0 Å². The summed E-state index contributed by atoms with van der Waals surface area (Å²) in [5, 5.41) is 4.71. The first-order valence-corrected chi connectivity index (χ1v) is 11.5. The number of hydrogen-bond acceptors (Lipinski definition) is 5. The second-order valence-corrected chi connectivity index (χ2v) is 9.67. The number of carbonyl (C=O) groups excluding carboxylic acids is 1. The van der Waals surface area contributed by atoms with Gasteiger partial charge in [0.05, 0.1) is 20.8 Å². The van der Waals surface area contributed by atoms with Crippen molar-refractivity contribution >= 4 is 49.7 Å². The fraction of sp³-hybridized carbons (Fsp3) is 0.333. The number of nitrogens with one attached hydrogen (secondary N) is 2. The number of anilines is 2. The number of fused-ring (bicyclic) bond motifs is 2. The van der Waals surface area contributed by atoms with Gasteiger partial charge in [0.15, 0.2) is 0 Å². The van der Waals surface area contributed by atoms with Gasteiger partial charge in [0.2, 0.25) is 0 Å². The predicted octanol–water partition coefficient (Wildman–Crippen LogP) is 5.00. The van der Waals surface area contributed by atoms with E-state index in [9.17, 15) is 4.79 Å². The topological polar surface area (TPSA) is 64.3 Å². The number of hydrogen-bond donors (Lipinski definition) is 2. The molecule has 2 N–H and O–H groups in total. The Morgan fingerprint density at radius 3 is 3.00 bits per heavy atom. The highest BCUT2D eigenvalue weighted by Crippen LogP contribution is 2.34. The largest absolute Gasteiger partial charge is 0.359 e. The lowest BCUT2D eigenvalue weighted by Crippen LogP contribution is -2.41. The van der Waals surface area contributed by atoms with E-state index < -0.39 is 0 Å². The van der Waals surface area contributed by atoms with E-state index in [1.807, 2.05) is 17.0 Å². The molecule has 1 fully saturated rings. The summed E-state index contributed by atoms with van der Waals surface area (Å²) in [5.74, 6) is 0.127. The number of amides is 1. The lowest BCUT2D eigenvalue weighted by molar-refractivity contribution is 0.0721. The molecule has 4 heterocycles. The van der Waals surface area contributed by atoms with Crippen LogP contribution in [0.5, 0.6) is 0 Å². The van der Waals surface area contributed by atoms with E-state index in [4.69, 9.17) is 0 Å². The molecule has 1 unspecified atom stereocenters. The normalized spacial score (nSPS) is 16.6. The first kappa shape index (κ1) is 20.0. The zero-order valence-electron chi connectivity index (χ0n) is 18.1. The highest BCUT2D eigenvalue weighted by atomic mass is 32.1. The van der Waals surface area contributed by atoms with Crippen LogP contribution in [0.15, 0.2) is 42.6 Å². The summed E-state index contributed by atoms with van der Waals surface area (Å²) in [6.45, 7) is 3.80. The Labute approximate surface area is 185 Å². The number of aromatic amines is 1. The fourth-order valence-electron chi connectivity index (χ4n) is 4.51. The van der Waals surface area contributed by atoms with Crippen LogP contribution < -0.4 is 5.32 Å². The van der Waals surface area contributed by atoms with Crippen molar-refractivity contribution in [3.63, 3.8) is 0 Å². The van der Waals surface area contributed by atoms with Gasteiger partial charge in [0, 0.05) is 47.6 Å². The van der Waals surface area contributed by atoms with Crippen LogP contribution in [0.3, 0.4) is 0 Å². The molecular formula is C24H27N5OS. The number of likely N-dealkylation sites (N-methyl/N-ethyl adjacent to an activating group) is 1. The number of pyridine rings is 1. The number of thiophene rings is 1. The van der Waals surface area contributed by atoms with Gasteiger partial charge in [-0.15, -0.1) is 11.3 Å². The molecule has 0 saturated carbocycles. The maximum Gasteiger partial charge on any atom is 0.264 e. The van der Waals surface area contributed by atoms with Crippen molar-refractivity contribution < 1.29 is 4.79 Å². The summed E-state index contributed by atoms with van der Waals surface area (Å²) in [6, 6.07) is 12.6. The highest BCUT2D eigenvalue weighted by molar-refractivity contribution is 7.21. The van der Waals surface area contributed by atoms with Crippen LogP contribution in [0.4, 0.5) is 11.4 Å². The minimum absolute atomic E-state index is 0.127. The molecule has 3 aromatic heterocycles. The van der Waals surface area contributed by atoms with E-state index in [-0.39, 0.29) is 11.9 Å². The highest BCUT2D eigenvalue weighted by Gasteiger charge is 2.30. The van der Waals surface area contributed by atoms with E-state index in [2.05, 4.69) is 65.5 Å². The van der Waals surface area contributed by atoms with Gasteiger partial charge in [-0.1, -0.05) is 0 Å². The molecule has 1 amide bonds. The summed E-state index contributed by atoms with van der Waals surface area (Å²) < 4.78 is 1.01. The van der Waals surface area contributed by atoms with Crippen LogP contribution in [-0.4, -0.2) is 58.9 Å². The van der Waals surface area contributed by atoms with Gasteiger partial charge in [-0.25, -0.2) is 0 Å². The molecule has 4 aromatic rings. The van der Waals surface area contributed by atoms with Crippen LogP contribution in [0.25, 0.3) is 21.1 Å². The average molecular weight is 434 g/mol. The van der Waals surface area contributed by atoms with Gasteiger partial charge >= 0.3 is 0 Å². The molecule has 0 bridgehead atoms. The minimum Gasteiger partial charge on any atom is -0.359 e. The fourth-order valence-corrected chi connectivity index (χ4v) is 5.55. The monoisotopic (exact) mass is 433 g/mol. The quantitative estimate of drug-likeness (QED) is 0.465. The molecule has 0 aliphatic carbocycles. The van der Waals surface area contributed by atoms with Gasteiger partial charge in [-0.05, 0) is 70.3 Å². The Hall–Kier alpha value is -2.90. The number of carbonyl (C=O) groups is 1. The van der Waals surface area contributed by atoms with E-state index in [1.165, 1.54) is 16.7 Å². The predicted molar refractivity (Wildman–Crippen MR) is 129 cm³/mol. The second kappa shape index (κ2) is 7.98. The molecular weight excluding hydrogens is 406 g/mol. The van der Waals surface area contributed by atoms with Gasteiger partial charge in [0.25, 0.3) is 5.91 Å². The SMILES string of the molecule is Cc1cc2cc(Nc3ccnc4cc(C(=O)N5CCCC5CN(C)C)sc34)ccc2[nH]1. The van der Waals surface area contributed by atoms with Gasteiger partial charge in [0.1, 0.15) is 0 Å². The number of aromatic nitrogens is 2. The number of nitrogens with zero attached hydrogens (tertiary/aromatic N) is 3. The summed E-state index contributed by atoms with van der Waals surface area (Å²) >= 11 is 1.53. The van der Waals surface area contributed by atoms with E-state index in [0.29, 0.717) is 0 Å². The number of aryl methyl sites for hydroxylation is 1. The Morgan fingerprint density at radius 1 is 1.29 bits per heavy atom. The van der Waals surface area contributed by atoms with Crippen molar-refractivity contribution in [2.75, 3.05) is 32.5 Å². The molecule has 1 aliphatic heterocycles. The zero-order valence-corrected chi connectivity index (χ0v) is 18.9. The van der Waals surface area contributed by atoms with Gasteiger partial charge in [-0.3, -0.25) is 9.78 Å². The molecule has 31 heavy (non-hydrogen) atoms. The van der Waals surface area contributed by atoms with Crippen molar-refractivity contribution in [1.82, 2.24) is 19.8 Å². The minimum atomic E-state index is 0.127. The maximum absolute atomic E-state index is 13.3. The Balaban J connectivity index is 1.43. The van der Waals surface area contributed by atoms with Gasteiger partial charge in [-0.2, -0.15) is 0 Å². The number of likely N-dealkylation sites (tertiary alicyclic amines) is 1. The summed E-state index contributed by atoms with van der Waals surface area (Å²) in [4.78, 5) is 26.1. The molecule has 6 nitrogen and oxygen atoms in total. The van der Waals surface area contributed by atoms with Crippen LogP contribution in [0, 0.1) is 6.92 Å². The Kier molecular flexibility index (Phi) is 5.16. The van der Waals surface area contributed by atoms with Crippen molar-refractivity contribution in [2.45, 2.75) is 25.8 Å². The van der Waals surface area contributed by atoms with Gasteiger partial charge < -0.3 is 20.1 Å². The van der Waals surface area contributed by atoms with Crippen molar-refractivity contribution in [3.05, 3.63) is 53.2 Å². The summed E-state index contributed by atoms with van der Waals surface area (Å²) in [7, 11) is 4.13. The molecule has 5 rings (SSSR count). The lowest BCUT2D eigenvalue weighted by atomic mass is 10.2. The van der Waals surface area contributed by atoms with Crippen molar-refractivity contribution in [3.8, 4) is 0 Å². The first-order chi connectivity index (χ1) is 15.0. The van der Waals surface area contributed by atoms with E-state index in [0.717, 1.165) is 63.6 Å². The molecule has 1 saturated heterocycles. The molecule has 7 heteroatoms. The Bertz CT molecular complexity index is 1260. The third-order valence-corrected chi connectivity index (χ3v) is 7.02. The Morgan fingerprint density at radius 2 is 2.16 bits per heavy atom. The summed E-state index contributed by atoms with van der Waals surface area (Å²) in [5.41, 5.74) is 5.14. The van der Waals surface area contributed by atoms with E-state index >= 15 is 0 Å². The average Bonchev–Trinajstić information content (AvgIpc) is 3.44. The number of rotatable bonds is 5. The first-order valence-electron chi connectivity index (χ1n) is 10.7. The molecule has 0 spiro atoms. The molecule has 1 aromatic carbocycles. The zero-order chi connectivity index (χ0) is 21.5. The van der Waals surface area contributed by atoms with Crippen LogP contribution in [0.1, 0.15) is 28.2 Å². The number of benzene rings is 1. The maximum atomic E-state index is 13.3. The standard InChI is InChI=1S/C24H27N5OS/c1-15-11-16-12-17(6-7-19(16)26-15)27-20-8-9-25-21-13-22(31-23(20)21)24(30)29-10-4-5-18(29)14-28(2)3/h6-9,11-13,18,26H,4-5,10,14H2,1-3H3,(H,25,27). The molecule has 0 radical (unpaired) electrons. The summed E-state index contributed by atoms with van der Waals surface area (Å²) in [6.07, 6.45) is 3.94. The van der Waals surface area contributed by atoms with Crippen molar-refractivity contribution in [1.29, 1.82) is 0 Å². The molecule has 1 atom stereocenters. The van der Waals surface area contributed by atoms with Crippen LogP contribution in [0.2, 0.25) is 0 Å².